The fraction of sp³-hybridized carbons (Fsp3) is 0.235. The minimum absolute atomic E-state index is 0.123. The first-order valence-electron chi connectivity index (χ1n) is 7.23. The van der Waals surface area contributed by atoms with E-state index in [1.54, 1.807) is 11.3 Å². The van der Waals surface area contributed by atoms with Crippen molar-refractivity contribution in [3.05, 3.63) is 65.8 Å². The number of aryl methyl sites for hydroxylation is 1. The van der Waals surface area contributed by atoms with E-state index in [1.165, 1.54) is 4.70 Å². The molecule has 0 saturated heterocycles. The van der Waals surface area contributed by atoms with Crippen LogP contribution in [0.25, 0.3) is 10.1 Å². The lowest BCUT2D eigenvalue weighted by Gasteiger charge is -2.04. The predicted octanol–water partition coefficient (Wildman–Crippen LogP) is 3.19. The van der Waals surface area contributed by atoms with Gasteiger partial charge in [0.25, 0.3) is 0 Å². The summed E-state index contributed by atoms with van der Waals surface area (Å²) in [6.07, 6.45) is 4.55. The smallest absolute Gasteiger partial charge is 0.168 e. The summed E-state index contributed by atoms with van der Waals surface area (Å²) in [6.45, 7) is 0.726. The van der Waals surface area contributed by atoms with Crippen LogP contribution in [0, 0.1) is 0 Å². The van der Waals surface area contributed by atoms with E-state index in [9.17, 15) is 8.42 Å². The van der Waals surface area contributed by atoms with Crippen molar-refractivity contribution in [2.24, 2.45) is 0 Å². The Hall–Kier alpha value is -1.72. The molecule has 0 fully saturated rings. The predicted molar refractivity (Wildman–Crippen MR) is 90.6 cm³/mol. The molecule has 114 valence electrons. The summed E-state index contributed by atoms with van der Waals surface area (Å²) >= 11 is 1.67. The second-order valence-corrected chi connectivity index (χ2v) is 8.48. The molecule has 0 aliphatic carbocycles. The highest BCUT2D eigenvalue weighted by atomic mass is 32.2. The SMILES string of the molecule is O=S(=O)(CCC[n+]1ccccc1)Cc1ccc2sccc2c1. The number of aromatic nitrogens is 1. The summed E-state index contributed by atoms with van der Waals surface area (Å²) in [5, 5.41) is 3.15. The number of rotatable bonds is 6. The Balaban J connectivity index is 1.60. The lowest BCUT2D eigenvalue weighted by Crippen LogP contribution is -2.33. The fourth-order valence-corrected chi connectivity index (χ4v) is 4.65. The van der Waals surface area contributed by atoms with Gasteiger partial charge < -0.3 is 0 Å². The van der Waals surface area contributed by atoms with Crippen LogP contribution in [0.1, 0.15) is 12.0 Å². The molecule has 5 heteroatoms. The molecule has 3 aromatic rings. The maximum Gasteiger partial charge on any atom is 0.168 e. The van der Waals surface area contributed by atoms with Crippen LogP contribution in [-0.2, 0) is 22.1 Å². The highest BCUT2D eigenvalue weighted by Crippen LogP contribution is 2.22. The molecule has 0 saturated carbocycles. The van der Waals surface area contributed by atoms with Crippen LogP contribution in [-0.4, -0.2) is 14.2 Å². The van der Waals surface area contributed by atoms with Crippen molar-refractivity contribution < 1.29 is 13.0 Å². The Morgan fingerprint density at radius 3 is 2.68 bits per heavy atom. The summed E-state index contributed by atoms with van der Waals surface area (Å²) in [6, 6.07) is 13.8. The van der Waals surface area contributed by atoms with Gasteiger partial charge in [0.2, 0.25) is 0 Å². The molecule has 0 aliphatic rings. The lowest BCUT2D eigenvalue weighted by atomic mass is 10.2. The van der Waals surface area contributed by atoms with Crippen molar-refractivity contribution in [3.8, 4) is 0 Å². The molecule has 0 aliphatic heterocycles. The van der Waals surface area contributed by atoms with Gasteiger partial charge in [0.05, 0.1) is 11.5 Å². The quantitative estimate of drug-likeness (QED) is 0.650. The average molecular weight is 332 g/mol. The van der Waals surface area contributed by atoms with Gasteiger partial charge in [0, 0.05) is 23.3 Å². The molecule has 1 aromatic carbocycles. The van der Waals surface area contributed by atoms with Gasteiger partial charge in [0.1, 0.15) is 6.54 Å². The van der Waals surface area contributed by atoms with E-state index < -0.39 is 9.84 Å². The molecule has 3 nitrogen and oxygen atoms in total. The van der Waals surface area contributed by atoms with Crippen molar-refractivity contribution in [2.75, 3.05) is 5.75 Å². The number of sulfone groups is 1. The zero-order chi connectivity index (χ0) is 15.4. The summed E-state index contributed by atoms with van der Waals surface area (Å²) in [5.41, 5.74) is 0.873. The van der Waals surface area contributed by atoms with Crippen LogP contribution in [0.4, 0.5) is 0 Å². The Bertz CT molecular complexity index is 855. The molecule has 2 heterocycles. The van der Waals surface area contributed by atoms with E-state index >= 15 is 0 Å². The number of hydrogen-bond acceptors (Lipinski definition) is 3. The van der Waals surface area contributed by atoms with E-state index in [1.807, 2.05) is 64.8 Å². The van der Waals surface area contributed by atoms with Gasteiger partial charge in [-0.1, -0.05) is 12.1 Å². The topological polar surface area (TPSA) is 38.0 Å². The highest BCUT2D eigenvalue weighted by molar-refractivity contribution is 7.90. The van der Waals surface area contributed by atoms with E-state index in [2.05, 4.69) is 0 Å². The molecule has 3 rings (SSSR count). The number of nitrogens with zero attached hydrogens (tertiary/aromatic N) is 1. The summed E-state index contributed by atoms with van der Waals surface area (Å²) in [4.78, 5) is 0. The number of hydrogen-bond donors (Lipinski definition) is 0. The normalized spacial score (nSPS) is 11.8. The van der Waals surface area contributed by atoms with Gasteiger partial charge in [-0.3, -0.25) is 0 Å². The monoisotopic (exact) mass is 332 g/mol. The van der Waals surface area contributed by atoms with Gasteiger partial charge in [-0.15, -0.1) is 11.3 Å². The highest BCUT2D eigenvalue weighted by Gasteiger charge is 2.13. The van der Waals surface area contributed by atoms with Gasteiger partial charge in [0.15, 0.2) is 22.2 Å². The van der Waals surface area contributed by atoms with Crippen LogP contribution in [0.5, 0.6) is 0 Å². The molecular weight excluding hydrogens is 314 g/mol. The number of pyridine rings is 1. The average Bonchev–Trinajstić information content (AvgIpc) is 2.95. The third-order valence-corrected chi connectivity index (χ3v) is 6.13. The van der Waals surface area contributed by atoms with E-state index in [0.717, 1.165) is 17.5 Å². The minimum Gasteiger partial charge on any atom is -0.228 e. The van der Waals surface area contributed by atoms with Crippen LogP contribution >= 0.6 is 11.3 Å². The number of thiophene rings is 1. The Kier molecular flexibility index (Phi) is 4.55. The Morgan fingerprint density at radius 2 is 1.86 bits per heavy atom. The molecule has 2 aromatic heterocycles. The van der Waals surface area contributed by atoms with Crippen LogP contribution in [0.2, 0.25) is 0 Å². The van der Waals surface area contributed by atoms with Gasteiger partial charge in [-0.05, 0) is 34.5 Å². The fourth-order valence-electron chi connectivity index (χ4n) is 2.48. The molecule has 0 bridgehead atoms. The van der Waals surface area contributed by atoms with Gasteiger partial charge in [-0.25, -0.2) is 13.0 Å². The van der Waals surface area contributed by atoms with Gasteiger partial charge >= 0.3 is 0 Å². The first kappa shape index (κ1) is 15.2. The Morgan fingerprint density at radius 1 is 1.05 bits per heavy atom. The van der Waals surface area contributed by atoms with E-state index in [0.29, 0.717) is 6.42 Å². The standard InChI is InChI=1S/C17H18NO2S2/c19-22(20,12-4-10-18-8-2-1-3-9-18)14-15-5-6-17-16(13-15)7-11-21-17/h1-3,5-9,11,13H,4,10,12,14H2/q+1. The Labute approximate surface area is 134 Å². The molecular formula is C17H18NO2S2+. The third kappa shape index (κ3) is 3.93. The van der Waals surface area contributed by atoms with Crippen molar-refractivity contribution in [1.29, 1.82) is 0 Å². The summed E-state index contributed by atoms with van der Waals surface area (Å²) in [5.74, 6) is 0.342. The molecule has 0 atom stereocenters. The maximum absolute atomic E-state index is 12.3. The van der Waals surface area contributed by atoms with Crippen molar-refractivity contribution >= 4 is 31.3 Å². The lowest BCUT2D eigenvalue weighted by molar-refractivity contribution is -0.696. The first-order valence-corrected chi connectivity index (χ1v) is 9.93. The zero-order valence-corrected chi connectivity index (χ0v) is 13.8. The molecule has 0 spiro atoms. The van der Waals surface area contributed by atoms with E-state index in [4.69, 9.17) is 0 Å². The second-order valence-electron chi connectivity index (χ2n) is 5.35. The van der Waals surface area contributed by atoms with Gasteiger partial charge in [-0.2, -0.15) is 0 Å². The summed E-state index contributed by atoms with van der Waals surface area (Å²) < 4.78 is 27.7. The second kappa shape index (κ2) is 6.58. The van der Waals surface area contributed by atoms with Crippen LogP contribution in [0.3, 0.4) is 0 Å². The molecule has 0 N–H and O–H groups in total. The van der Waals surface area contributed by atoms with Crippen LogP contribution < -0.4 is 4.57 Å². The molecule has 0 radical (unpaired) electrons. The van der Waals surface area contributed by atoms with Crippen molar-refractivity contribution in [2.45, 2.75) is 18.7 Å². The van der Waals surface area contributed by atoms with Crippen molar-refractivity contribution in [3.63, 3.8) is 0 Å². The summed E-state index contributed by atoms with van der Waals surface area (Å²) in [7, 11) is -3.07. The zero-order valence-electron chi connectivity index (χ0n) is 12.2. The molecule has 22 heavy (non-hydrogen) atoms. The largest absolute Gasteiger partial charge is 0.228 e. The molecule has 0 unspecified atom stereocenters. The van der Waals surface area contributed by atoms with Crippen LogP contribution in [0.15, 0.2) is 60.2 Å². The van der Waals surface area contributed by atoms with E-state index in [-0.39, 0.29) is 11.5 Å². The first-order chi connectivity index (χ1) is 10.6. The van der Waals surface area contributed by atoms with Crippen molar-refractivity contribution in [1.82, 2.24) is 0 Å². The molecule has 0 amide bonds. The number of fused-ring (bicyclic) bond motifs is 1. The maximum atomic E-state index is 12.3. The third-order valence-electron chi connectivity index (χ3n) is 3.55. The minimum atomic E-state index is -3.07. The number of benzene rings is 1.